The fourth-order valence-electron chi connectivity index (χ4n) is 1.97. The van der Waals surface area contributed by atoms with Gasteiger partial charge in [-0.1, -0.05) is 6.92 Å². The van der Waals surface area contributed by atoms with Crippen molar-refractivity contribution in [3.63, 3.8) is 0 Å². The minimum Gasteiger partial charge on any atom is -0.363 e. The summed E-state index contributed by atoms with van der Waals surface area (Å²) in [5.41, 5.74) is 0.823. The van der Waals surface area contributed by atoms with Crippen molar-refractivity contribution in [1.82, 2.24) is 29.8 Å². The molecule has 1 atom stereocenters. The molecule has 2 rings (SSSR count). The molecule has 0 fully saturated rings. The Morgan fingerprint density at radius 1 is 1.48 bits per heavy atom. The molecule has 0 amide bonds. The molecule has 0 saturated heterocycles. The maximum Gasteiger partial charge on any atom is 0.242 e. The van der Waals surface area contributed by atoms with Crippen LogP contribution in [0.1, 0.15) is 31.4 Å². The Hall–Kier alpha value is -1.71. The van der Waals surface area contributed by atoms with E-state index in [0.717, 1.165) is 12.2 Å². The quantitative estimate of drug-likeness (QED) is 0.682. The normalized spacial score (nSPS) is 13.5. The number of aromatic nitrogens is 4. The summed E-state index contributed by atoms with van der Waals surface area (Å²) in [6.07, 6.45) is 3.02. The minimum absolute atomic E-state index is 0.212. The first kappa shape index (κ1) is 15.7. The lowest BCUT2D eigenvalue weighted by Gasteiger charge is -2.12. The standard InChI is InChI=1S/C12H20N6O2S/c1-4-13-6-10-5-11(7-14-10)21(19,20)17-9(2)12-16-15-8-18(12)3/h5,7-9,13-14,17H,4,6H2,1-3H3. The molecule has 8 nitrogen and oxygen atoms in total. The van der Waals surface area contributed by atoms with Crippen molar-refractivity contribution in [1.29, 1.82) is 0 Å². The smallest absolute Gasteiger partial charge is 0.242 e. The maximum absolute atomic E-state index is 12.3. The number of nitrogens with one attached hydrogen (secondary N) is 3. The van der Waals surface area contributed by atoms with Gasteiger partial charge in [0.05, 0.1) is 10.9 Å². The van der Waals surface area contributed by atoms with E-state index in [2.05, 4.69) is 25.2 Å². The molecular formula is C12H20N6O2S. The zero-order valence-corrected chi connectivity index (χ0v) is 13.1. The molecule has 1 unspecified atom stereocenters. The van der Waals surface area contributed by atoms with Crippen LogP contribution < -0.4 is 10.0 Å². The third-order valence-corrected chi connectivity index (χ3v) is 4.58. The summed E-state index contributed by atoms with van der Waals surface area (Å²) in [6.45, 7) is 5.14. The number of H-pyrrole nitrogens is 1. The second-order valence-electron chi connectivity index (χ2n) is 4.78. The van der Waals surface area contributed by atoms with Crippen molar-refractivity contribution in [2.45, 2.75) is 31.3 Å². The number of aryl methyl sites for hydroxylation is 1. The van der Waals surface area contributed by atoms with Crippen molar-refractivity contribution in [3.8, 4) is 0 Å². The van der Waals surface area contributed by atoms with Crippen LogP contribution in [-0.4, -0.2) is 34.7 Å². The third kappa shape index (κ3) is 3.69. The summed E-state index contributed by atoms with van der Waals surface area (Å²) >= 11 is 0. The van der Waals surface area contributed by atoms with E-state index in [1.54, 1.807) is 24.6 Å². The predicted octanol–water partition coefficient (Wildman–Crippen LogP) is 0.292. The van der Waals surface area contributed by atoms with Gasteiger partial charge in [-0.05, 0) is 19.5 Å². The minimum atomic E-state index is -3.60. The van der Waals surface area contributed by atoms with Crippen LogP contribution in [0, 0.1) is 0 Å². The number of hydrogen-bond acceptors (Lipinski definition) is 5. The van der Waals surface area contributed by atoms with E-state index in [-0.39, 0.29) is 4.90 Å². The van der Waals surface area contributed by atoms with E-state index in [1.807, 2.05) is 6.92 Å². The Labute approximate surface area is 124 Å². The molecule has 0 aromatic carbocycles. The molecule has 116 valence electrons. The highest BCUT2D eigenvalue weighted by Crippen LogP contribution is 2.15. The lowest BCUT2D eigenvalue weighted by atomic mass is 10.3. The lowest BCUT2D eigenvalue weighted by Crippen LogP contribution is -2.28. The van der Waals surface area contributed by atoms with E-state index < -0.39 is 16.1 Å². The molecular weight excluding hydrogens is 292 g/mol. The first-order valence-electron chi connectivity index (χ1n) is 6.68. The fourth-order valence-corrected chi connectivity index (χ4v) is 3.19. The van der Waals surface area contributed by atoms with E-state index in [0.29, 0.717) is 12.4 Å². The van der Waals surface area contributed by atoms with Gasteiger partial charge in [-0.2, -0.15) is 0 Å². The van der Waals surface area contributed by atoms with E-state index >= 15 is 0 Å². The van der Waals surface area contributed by atoms with E-state index in [9.17, 15) is 8.42 Å². The second-order valence-corrected chi connectivity index (χ2v) is 6.50. The molecule has 9 heteroatoms. The Bertz CT molecular complexity index is 690. The van der Waals surface area contributed by atoms with Crippen LogP contribution in [0.15, 0.2) is 23.5 Å². The van der Waals surface area contributed by atoms with Crippen LogP contribution in [0.4, 0.5) is 0 Å². The van der Waals surface area contributed by atoms with E-state index in [4.69, 9.17) is 0 Å². The molecule has 2 aromatic heterocycles. The molecule has 0 radical (unpaired) electrons. The highest BCUT2D eigenvalue weighted by Gasteiger charge is 2.22. The summed E-state index contributed by atoms with van der Waals surface area (Å²) in [7, 11) is -1.83. The van der Waals surface area contributed by atoms with Crippen molar-refractivity contribution >= 4 is 10.0 Å². The molecule has 0 aliphatic heterocycles. The molecule has 2 heterocycles. The highest BCUT2D eigenvalue weighted by molar-refractivity contribution is 7.89. The van der Waals surface area contributed by atoms with Gasteiger partial charge in [0, 0.05) is 25.5 Å². The first-order chi connectivity index (χ1) is 9.94. The van der Waals surface area contributed by atoms with Crippen molar-refractivity contribution < 1.29 is 8.42 Å². The molecule has 2 aromatic rings. The summed E-state index contributed by atoms with van der Waals surface area (Å²) < 4.78 is 28.9. The number of rotatable bonds is 7. The van der Waals surface area contributed by atoms with Gasteiger partial charge in [0.15, 0.2) is 0 Å². The topological polar surface area (TPSA) is 105 Å². The Morgan fingerprint density at radius 3 is 2.86 bits per heavy atom. The van der Waals surface area contributed by atoms with Crippen molar-refractivity contribution in [2.75, 3.05) is 6.54 Å². The van der Waals surface area contributed by atoms with Crippen LogP contribution >= 0.6 is 0 Å². The van der Waals surface area contributed by atoms with Gasteiger partial charge in [-0.25, -0.2) is 13.1 Å². The number of sulfonamides is 1. The summed E-state index contributed by atoms with van der Waals surface area (Å²) in [5, 5.41) is 10.8. The Kier molecular flexibility index (Phi) is 4.76. The fraction of sp³-hybridized carbons (Fsp3) is 0.500. The second kappa shape index (κ2) is 6.37. The van der Waals surface area contributed by atoms with Gasteiger partial charge in [0.2, 0.25) is 10.0 Å². The lowest BCUT2D eigenvalue weighted by molar-refractivity contribution is 0.553. The van der Waals surface area contributed by atoms with Crippen LogP contribution in [0.3, 0.4) is 0 Å². The van der Waals surface area contributed by atoms with Gasteiger partial charge in [0.25, 0.3) is 0 Å². The van der Waals surface area contributed by atoms with Crippen molar-refractivity contribution in [2.24, 2.45) is 7.05 Å². The zero-order valence-electron chi connectivity index (χ0n) is 12.3. The van der Waals surface area contributed by atoms with E-state index in [1.165, 1.54) is 12.5 Å². The number of nitrogens with zero attached hydrogens (tertiary/aromatic N) is 3. The Balaban J connectivity index is 2.11. The van der Waals surface area contributed by atoms with Gasteiger partial charge in [0.1, 0.15) is 12.2 Å². The molecule has 0 bridgehead atoms. The van der Waals surface area contributed by atoms with Crippen LogP contribution in [0.25, 0.3) is 0 Å². The molecule has 0 aliphatic carbocycles. The van der Waals surface area contributed by atoms with Crippen molar-refractivity contribution in [3.05, 3.63) is 30.1 Å². The summed E-state index contributed by atoms with van der Waals surface area (Å²) in [6, 6.07) is 1.16. The number of aromatic amines is 1. The van der Waals surface area contributed by atoms with Gasteiger partial charge in [-0.3, -0.25) is 0 Å². The molecule has 0 aliphatic rings. The van der Waals surface area contributed by atoms with Gasteiger partial charge < -0.3 is 14.9 Å². The maximum atomic E-state index is 12.3. The Morgan fingerprint density at radius 2 is 2.24 bits per heavy atom. The average molecular weight is 312 g/mol. The SMILES string of the molecule is CCNCc1cc(S(=O)(=O)NC(C)c2nncn2C)c[nH]1. The number of hydrogen-bond donors (Lipinski definition) is 3. The highest BCUT2D eigenvalue weighted by atomic mass is 32.2. The van der Waals surface area contributed by atoms with Gasteiger partial charge in [-0.15, -0.1) is 10.2 Å². The average Bonchev–Trinajstić information content (AvgIpc) is 3.04. The van der Waals surface area contributed by atoms with Crippen LogP contribution in [0.2, 0.25) is 0 Å². The van der Waals surface area contributed by atoms with Crippen LogP contribution in [-0.2, 0) is 23.6 Å². The summed E-state index contributed by atoms with van der Waals surface area (Å²) in [5.74, 6) is 0.557. The first-order valence-corrected chi connectivity index (χ1v) is 8.16. The predicted molar refractivity (Wildman–Crippen MR) is 77.9 cm³/mol. The summed E-state index contributed by atoms with van der Waals surface area (Å²) in [4.78, 5) is 3.16. The zero-order chi connectivity index (χ0) is 15.5. The monoisotopic (exact) mass is 312 g/mol. The molecule has 3 N–H and O–H groups in total. The molecule has 0 saturated carbocycles. The van der Waals surface area contributed by atoms with Gasteiger partial charge >= 0.3 is 0 Å². The molecule has 21 heavy (non-hydrogen) atoms. The largest absolute Gasteiger partial charge is 0.363 e. The molecule has 0 spiro atoms. The van der Waals surface area contributed by atoms with Crippen LogP contribution in [0.5, 0.6) is 0 Å². The third-order valence-electron chi connectivity index (χ3n) is 3.06.